The minimum absolute atomic E-state index is 0.0977. The van der Waals surface area contributed by atoms with E-state index in [1.807, 2.05) is 42.5 Å². The predicted molar refractivity (Wildman–Crippen MR) is 72.1 cm³/mol. The van der Waals surface area contributed by atoms with Crippen LogP contribution in [0.5, 0.6) is 0 Å². The van der Waals surface area contributed by atoms with Gasteiger partial charge in [0.15, 0.2) is 0 Å². The number of nitrogens with one attached hydrogen (secondary N) is 2. The number of fused-ring (bicyclic) bond motifs is 1. The van der Waals surface area contributed by atoms with Gasteiger partial charge in [-0.25, -0.2) is 0 Å². The van der Waals surface area contributed by atoms with Crippen LogP contribution in [0.2, 0.25) is 0 Å². The van der Waals surface area contributed by atoms with Gasteiger partial charge in [0.1, 0.15) is 5.82 Å². The molecule has 2 aromatic heterocycles. The van der Waals surface area contributed by atoms with Gasteiger partial charge in [-0.1, -0.05) is 18.2 Å². The van der Waals surface area contributed by atoms with Gasteiger partial charge in [-0.15, -0.1) is 0 Å². The van der Waals surface area contributed by atoms with Gasteiger partial charge in [-0.3, -0.25) is 9.78 Å². The zero-order valence-corrected chi connectivity index (χ0v) is 9.55. The molecule has 4 nitrogen and oxygen atoms in total. The topological polar surface area (TPSA) is 57.8 Å². The van der Waals surface area contributed by atoms with Gasteiger partial charge in [0, 0.05) is 11.6 Å². The number of H-pyrrole nitrogens is 1. The van der Waals surface area contributed by atoms with E-state index >= 15 is 0 Å². The quantitative estimate of drug-likeness (QED) is 0.720. The molecule has 2 heterocycles. The molecule has 3 aromatic rings. The van der Waals surface area contributed by atoms with Gasteiger partial charge in [-0.2, -0.15) is 0 Å². The van der Waals surface area contributed by atoms with Crippen LogP contribution in [0.25, 0.3) is 10.8 Å². The fraction of sp³-hybridized carbons (Fsp3) is 0. The Labute approximate surface area is 103 Å². The number of anilines is 2. The van der Waals surface area contributed by atoms with E-state index in [4.69, 9.17) is 0 Å². The molecule has 1 aromatic carbocycles. The number of aromatic nitrogens is 2. The summed E-state index contributed by atoms with van der Waals surface area (Å²) in [4.78, 5) is 18.7. The first kappa shape index (κ1) is 10.5. The third-order valence-electron chi connectivity index (χ3n) is 2.69. The summed E-state index contributed by atoms with van der Waals surface area (Å²) < 4.78 is 0. The molecule has 0 spiro atoms. The summed E-state index contributed by atoms with van der Waals surface area (Å²) in [5, 5.41) is 4.72. The molecule has 0 unspecified atom stereocenters. The second kappa shape index (κ2) is 4.33. The molecule has 2 N–H and O–H groups in total. The Kier molecular flexibility index (Phi) is 2.53. The van der Waals surface area contributed by atoms with Gasteiger partial charge in [0.05, 0.1) is 11.9 Å². The number of rotatable bonds is 2. The Morgan fingerprint density at radius 3 is 2.83 bits per heavy atom. The third-order valence-corrected chi connectivity index (χ3v) is 2.69. The molecule has 0 radical (unpaired) electrons. The van der Waals surface area contributed by atoms with Crippen molar-refractivity contribution in [3.05, 3.63) is 65.2 Å². The van der Waals surface area contributed by atoms with Gasteiger partial charge >= 0.3 is 0 Å². The fourth-order valence-electron chi connectivity index (χ4n) is 1.87. The van der Waals surface area contributed by atoms with Crippen molar-refractivity contribution in [2.75, 3.05) is 5.32 Å². The van der Waals surface area contributed by atoms with Gasteiger partial charge < -0.3 is 10.3 Å². The largest absolute Gasteiger partial charge is 0.340 e. The minimum atomic E-state index is -0.0977. The Morgan fingerprint density at radius 1 is 1.11 bits per heavy atom. The van der Waals surface area contributed by atoms with Crippen molar-refractivity contribution in [2.45, 2.75) is 0 Å². The number of pyridine rings is 2. The van der Waals surface area contributed by atoms with E-state index in [0.717, 1.165) is 11.1 Å². The molecule has 0 bridgehead atoms. The molecule has 0 aliphatic carbocycles. The molecular formula is C14H11N3O. The highest BCUT2D eigenvalue weighted by Crippen LogP contribution is 2.16. The molecule has 88 valence electrons. The first-order valence-electron chi connectivity index (χ1n) is 5.62. The Hall–Kier alpha value is -2.62. The highest BCUT2D eigenvalue weighted by atomic mass is 16.1. The van der Waals surface area contributed by atoms with E-state index < -0.39 is 0 Å². The number of hydrogen-bond acceptors (Lipinski definition) is 3. The third kappa shape index (κ3) is 1.96. The van der Waals surface area contributed by atoms with Crippen LogP contribution in [0.3, 0.4) is 0 Å². The molecular weight excluding hydrogens is 226 g/mol. The van der Waals surface area contributed by atoms with Crippen molar-refractivity contribution in [1.82, 2.24) is 9.97 Å². The van der Waals surface area contributed by atoms with Crippen molar-refractivity contribution < 1.29 is 0 Å². The lowest BCUT2D eigenvalue weighted by atomic mass is 10.2. The summed E-state index contributed by atoms with van der Waals surface area (Å²) in [6.07, 6.45) is 3.40. The maximum atomic E-state index is 11.9. The summed E-state index contributed by atoms with van der Waals surface area (Å²) in [5.74, 6) is 0.659. The van der Waals surface area contributed by atoms with E-state index in [1.165, 1.54) is 0 Å². The van der Waals surface area contributed by atoms with Crippen LogP contribution < -0.4 is 10.9 Å². The minimum Gasteiger partial charge on any atom is -0.340 e. The van der Waals surface area contributed by atoms with Gasteiger partial charge in [-0.05, 0) is 29.7 Å². The second-order valence-corrected chi connectivity index (χ2v) is 3.97. The van der Waals surface area contributed by atoms with Crippen LogP contribution in [-0.2, 0) is 0 Å². The Morgan fingerprint density at radius 2 is 2.00 bits per heavy atom. The maximum Gasteiger partial charge on any atom is 0.257 e. The SMILES string of the molecule is O=c1[nH]c(Nc2cccnc2)cc2ccccc12. The number of hydrogen-bond donors (Lipinski definition) is 2. The molecule has 0 saturated heterocycles. The first-order chi connectivity index (χ1) is 8.83. The lowest BCUT2D eigenvalue weighted by Gasteiger charge is -2.06. The predicted octanol–water partition coefficient (Wildman–Crippen LogP) is 2.67. The maximum absolute atomic E-state index is 11.9. The van der Waals surface area contributed by atoms with Crippen LogP contribution in [0.1, 0.15) is 0 Å². The molecule has 4 heteroatoms. The summed E-state index contributed by atoms with van der Waals surface area (Å²) in [7, 11) is 0. The molecule has 0 fully saturated rings. The zero-order valence-electron chi connectivity index (χ0n) is 9.55. The fourth-order valence-corrected chi connectivity index (χ4v) is 1.87. The highest BCUT2D eigenvalue weighted by Gasteiger charge is 2.01. The highest BCUT2D eigenvalue weighted by molar-refractivity contribution is 5.84. The monoisotopic (exact) mass is 237 g/mol. The Bertz CT molecular complexity index is 735. The van der Waals surface area contributed by atoms with E-state index in [-0.39, 0.29) is 5.56 Å². The number of aromatic amines is 1. The molecule has 0 aliphatic rings. The normalized spacial score (nSPS) is 10.4. The lowest BCUT2D eigenvalue weighted by Crippen LogP contribution is -2.08. The molecule has 18 heavy (non-hydrogen) atoms. The molecule has 3 rings (SSSR count). The standard InChI is InChI=1S/C14H11N3O/c18-14-12-6-2-1-4-10(12)8-13(17-14)16-11-5-3-7-15-9-11/h1-9H,(H2,16,17,18). The van der Waals surface area contributed by atoms with Crippen LogP contribution in [0, 0.1) is 0 Å². The van der Waals surface area contributed by atoms with Crippen molar-refractivity contribution >= 4 is 22.3 Å². The average Bonchev–Trinajstić information content (AvgIpc) is 2.40. The molecule has 0 amide bonds. The van der Waals surface area contributed by atoms with Crippen LogP contribution >= 0.6 is 0 Å². The van der Waals surface area contributed by atoms with Crippen LogP contribution in [0.4, 0.5) is 11.5 Å². The van der Waals surface area contributed by atoms with Crippen LogP contribution in [-0.4, -0.2) is 9.97 Å². The summed E-state index contributed by atoms with van der Waals surface area (Å²) in [6.45, 7) is 0. The Balaban J connectivity index is 2.06. The first-order valence-corrected chi connectivity index (χ1v) is 5.62. The van der Waals surface area contributed by atoms with E-state index in [1.54, 1.807) is 12.4 Å². The van der Waals surface area contributed by atoms with Gasteiger partial charge in [0.25, 0.3) is 5.56 Å². The van der Waals surface area contributed by atoms with Gasteiger partial charge in [0.2, 0.25) is 0 Å². The lowest BCUT2D eigenvalue weighted by molar-refractivity contribution is 1.25. The van der Waals surface area contributed by atoms with E-state index in [0.29, 0.717) is 11.2 Å². The smallest absolute Gasteiger partial charge is 0.257 e. The zero-order chi connectivity index (χ0) is 12.4. The molecule has 0 aliphatic heterocycles. The van der Waals surface area contributed by atoms with Crippen molar-refractivity contribution in [3.63, 3.8) is 0 Å². The number of nitrogens with zero attached hydrogens (tertiary/aromatic N) is 1. The molecule has 0 atom stereocenters. The second-order valence-electron chi connectivity index (χ2n) is 3.97. The van der Waals surface area contributed by atoms with E-state index in [9.17, 15) is 4.79 Å². The average molecular weight is 237 g/mol. The summed E-state index contributed by atoms with van der Waals surface area (Å²) in [5.41, 5.74) is 0.739. The number of benzene rings is 1. The van der Waals surface area contributed by atoms with Crippen molar-refractivity contribution in [1.29, 1.82) is 0 Å². The summed E-state index contributed by atoms with van der Waals surface area (Å²) >= 11 is 0. The van der Waals surface area contributed by atoms with Crippen LogP contribution in [0.15, 0.2) is 59.7 Å². The summed E-state index contributed by atoms with van der Waals surface area (Å²) in [6, 6.07) is 13.1. The molecule has 0 saturated carbocycles. The van der Waals surface area contributed by atoms with Crippen molar-refractivity contribution in [2.24, 2.45) is 0 Å². The van der Waals surface area contributed by atoms with Crippen molar-refractivity contribution in [3.8, 4) is 0 Å². The van der Waals surface area contributed by atoms with E-state index in [2.05, 4.69) is 15.3 Å².